The Morgan fingerprint density at radius 1 is 1.21 bits per heavy atom. The Kier molecular flexibility index (Phi) is 9.96. The Bertz CT molecular complexity index is 831. The van der Waals surface area contributed by atoms with E-state index in [4.69, 9.17) is 9.47 Å². The molecule has 1 heterocycles. The van der Waals surface area contributed by atoms with Gasteiger partial charge in [0.1, 0.15) is 12.4 Å². The molecule has 0 aliphatic carbocycles. The summed E-state index contributed by atoms with van der Waals surface area (Å²) in [4.78, 5) is 41.5. The zero-order chi connectivity index (χ0) is 24.5. The number of likely N-dealkylation sites (N-methyl/N-ethyl adjacent to an activating group) is 1. The maximum Gasteiger partial charge on any atom is 0.319 e. The highest BCUT2D eigenvalue weighted by Gasteiger charge is 2.30. The highest BCUT2D eigenvalue weighted by molar-refractivity contribution is 5.99. The van der Waals surface area contributed by atoms with Gasteiger partial charge in [0.15, 0.2) is 0 Å². The maximum absolute atomic E-state index is 13.3. The quantitative estimate of drug-likeness (QED) is 0.701. The maximum atomic E-state index is 13.3. The number of carbonyl (C=O) groups excluding carboxylic acids is 3. The van der Waals surface area contributed by atoms with Crippen molar-refractivity contribution in [1.29, 1.82) is 0 Å². The van der Waals surface area contributed by atoms with Crippen LogP contribution in [0.2, 0.25) is 0 Å². The van der Waals surface area contributed by atoms with Crippen LogP contribution in [-0.4, -0.2) is 80.2 Å². The highest BCUT2D eigenvalue weighted by atomic mass is 16.5. The van der Waals surface area contributed by atoms with Crippen LogP contribution in [0.5, 0.6) is 5.75 Å². The second kappa shape index (κ2) is 12.4. The topological polar surface area (TPSA) is 100 Å². The summed E-state index contributed by atoms with van der Waals surface area (Å²) in [5.41, 5.74) is 0.835. The molecule has 3 atom stereocenters. The van der Waals surface area contributed by atoms with E-state index in [1.165, 1.54) is 0 Å². The van der Waals surface area contributed by atoms with Crippen molar-refractivity contribution in [3.63, 3.8) is 0 Å². The van der Waals surface area contributed by atoms with Gasteiger partial charge in [0, 0.05) is 51.8 Å². The lowest BCUT2D eigenvalue weighted by Gasteiger charge is -2.36. The molecule has 4 amide bonds. The summed E-state index contributed by atoms with van der Waals surface area (Å²) >= 11 is 0. The summed E-state index contributed by atoms with van der Waals surface area (Å²) < 4.78 is 11.7. The molecule has 33 heavy (non-hydrogen) atoms. The smallest absolute Gasteiger partial charge is 0.319 e. The van der Waals surface area contributed by atoms with Crippen LogP contribution in [0.25, 0.3) is 0 Å². The third-order valence-electron chi connectivity index (χ3n) is 5.86. The summed E-state index contributed by atoms with van der Waals surface area (Å²) in [6, 6.07) is 4.48. The minimum Gasteiger partial charge on any atom is -0.491 e. The summed E-state index contributed by atoms with van der Waals surface area (Å²) in [6.07, 6.45) is 0.978. The molecule has 9 nitrogen and oxygen atoms in total. The second-order valence-corrected chi connectivity index (χ2v) is 8.59. The van der Waals surface area contributed by atoms with Crippen LogP contribution in [0.4, 0.5) is 10.5 Å². The van der Waals surface area contributed by atoms with Gasteiger partial charge in [0.25, 0.3) is 5.91 Å². The molecule has 1 aliphatic heterocycles. The molecule has 0 unspecified atom stereocenters. The molecule has 0 bridgehead atoms. The van der Waals surface area contributed by atoms with Gasteiger partial charge in [0.2, 0.25) is 5.91 Å². The fourth-order valence-electron chi connectivity index (χ4n) is 3.82. The van der Waals surface area contributed by atoms with Gasteiger partial charge in [-0.05, 0) is 31.5 Å². The predicted molar refractivity (Wildman–Crippen MR) is 128 cm³/mol. The average Bonchev–Trinajstić information content (AvgIpc) is 2.81. The average molecular weight is 463 g/mol. The van der Waals surface area contributed by atoms with E-state index in [0.717, 1.165) is 6.42 Å². The highest BCUT2D eigenvalue weighted by Crippen LogP contribution is 2.26. The summed E-state index contributed by atoms with van der Waals surface area (Å²) in [6.45, 7) is 9.44. The summed E-state index contributed by atoms with van der Waals surface area (Å²) in [7, 11) is 3.33. The fraction of sp³-hybridized carbons (Fsp3) is 0.625. The van der Waals surface area contributed by atoms with Gasteiger partial charge in [0.05, 0.1) is 17.7 Å². The third-order valence-corrected chi connectivity index (χ3v) is 5.86. The van der Waals surface area contributed by atoms with Gasteiger partial charge in [-0.2, -0.15) is 0 Å². The van der Waals surface area contributed by atoms with Gasteiger partial charge in [-0.1, -0.05) is 20.8 Å². The Morgan fingerprint density at radius 2 is 1.94 bits per heavy atom. The number of fused-ring (bicyclic) bond motifs is 1. The van der Waals surface area contributed by atoms with Crippen molar-refractivity contribution in [2.45, 2.75) is 52.7 Å². The number of methoxy groups -OCH3 is 1. The predicted octanol–water partition coefficient (Wildman–Crippen LogP) is 2.96. The molecule has 1 aliphatic rings. The lowest BCUT2D eigenvalue weighted by molar-refractivity contribution is -0.135. The van der Waals surface area contributed by atoms with Gasteiger partial charge < -0.3 is 29.9 Å². The molecule has 1 aromatic carbocycles. The van der Waals surface area contributed by atoms with Crippen molar-refractivity contribution < 1.29 is 23.9 Å². The molecule has 0 aromatic heterocycles. The molecule has 0 saturated carbocycles. The van der Waals surface area contributed by atoms with E-state index in [0.29, 0.717) is 43.1 Å². The summed E-state index contributed by atoms with van der Waals surface area (Å²) in [5.74, 6) is 0.237. The van der Waals surface area contributed by atoms with E-state index < -0.39 is 0 Å². The normalized spacial score (nSPS) is 21.9. The third kappa shape index (κ3) is 7.08. The van der Waals surface area contributed by atoms with Crippen molar-refractivity contribution in [2.24, 2.45) is 5.92 Å². The fourth-order valence-corrected chi connectivity index (χ4v) is 3.82. The van der Waals surface area contributed by atoms with Gasteiger partial charge in [-0.3, -0.25) is 9.59 Å². The number of ether oxygens (including phenoxy) is 2. The first kappa shape index (κ1) is 26.4. The van der Waals surface area contributed by atoms with E-state index in [9.17, 15) is 14.4 Å². The van der Waals surface area contributed by atoms with Crippen LogP contribution >= 0.6 is 0 Å². The number of anilines is 1. The Morgan fingerprint density at radius 3 is 2.58 bits per heavy atom. The standard InChI is InChI=1S/C24H38N4O5/c1-7-11-25-24(31)26-18-9-10-20-19(12-18)23(30)27(5)14-21(32-6)16(3)13-28(22(29)8-2)17(4)15-33-20/h9-10,12,16-17,21H,7-8,11,13-15H2,1-6H3,(H2,25,26,31)/t16-,17-,21-/m1/s1. The van der Waals surface area contributed by atoms with Gasteiger partial charge >= 0.3 is 6.03 Å². The molecule has 1 aromatic rings. The number of hydrogen-bond donors (Lipinski definition) is 2. The first-order valence-corrected chi connectivity index (χ1v) is 11.6. The van der Waals surface area contributed by atoms with Crippen LogP contribution in [0.3, 0.4) is 0 Å². The van der Waals surface area contributed by atoms with Gasteiger partial charge in [-0.15, -0.1) is 0 Å². The molecule has 184 valence electrons. The SMILES string of the molecule is CCCNC(=O)Nc1ccc2c(c1)C(=O)N(C)C[C@@H](OC)[C@H](C)CN(C(=O)CC)[C@H](C)CO2. The Balaban J connectivity index is 2.39. The second-order valence-electron chi connectivity index (χ2n) is 8.59. The molecule has 0 saturated heterocycles. The molecular weight excluding hydrogens is 424 g/mol. The van der Waals surface area contributed by atoms with Crippen LogP contribution < -0.4 is 15.4 Å². The first-order valence-electron chi connectivity index (χ1n) is 11.6. The monoisotopic (exact) mass is 462 g/mol. The Labute approximate surface area is 196 Å². The van der Waals surface area contributed by atoms with Crippen molar-refractivity contribution >= 4 is 23.5 Å². The van der Waals surface area contributed by atoms with Crippen LogP contribution in [0, 0.1) is 5.92 Å². The number of nitrogens with one attached hydrogen (secondary N) is 2. The number of hydrogen-bond acceptors (Lipinski definition) is 5. The van der Waals surface area contributed by atoms with E-state index >= 15 is 0 Å². The van der Waals surface area contributed by atoms with Crippen molar-refractivity contribution in [1.82, 2.24) is 15.1 Å². The minimum atomic E-state index is -0.331. The molecule has 2 N–H and O–H groups in total. The number of nitrogens with zero attached hydrogens (tertiary/aromatic N) is 2. The first-order chi connectivity index (χ1) is 15.7. The molecule has 9 heteroatoms. The minimum absolute atomic E-state index is 0.0114. The van der Waals surface area contributed by atoms with E-state index in [-0.39, 0.29) is 42.5 Å². The molecule has 0 radical (unpaired) electrons. The molecule has 0 fully saturated rings. The molecule has 2 rings (SSSR count). The van der Waals surface area contributed by atoms with Crippen LogP contribution in [-0.2, 0) is 9.53 Å². The largest absolute Gasteiger partial charge is 0.491 e. The molecule has 0 spiro atoms. The van der Waals surface area contributed by atoms with Crippen molar-refractivity contribution in [3.8, 4) is 5.75 Å². The van der Waals surface area contributed by atoms with E-state index in [1.807, 2.05) is 32.6 Å². The Hall–Kier alpha value is -2.81. The van der Waals surface area contributed by atoms with E-state index in [1.54, 1.807) is 37.3 Å². The van der Waals surface area contributed by atoms with Crippen LogP contribution in [0.1, 0.15) is 50.9 Å². The van der Waals surface area contributed by atoms with Crippen molar-refractivity contribution in [2.75, 3.05) is 45.7 Å². The number of rotatable bonds is 5. The number of benzene rings is 1. The van der Waals surface area contributed by atoms with Crippen LogP contribution in [0.15, 0.2) is 18.2 Å². The summed E-state index contributed by atoms with van der Waals surface area (Å²) in [5, 5.41) is 5.51. The number of amides is 4. The number of urea groups is 1. The lowest BCUT2D eigenvalue weighted by Crippen LogP contribution is -2.48. The molecular formula is C24H38N4O5. The van der Waals surface area contributed by atoms with Gasteiger partial charge in [-0.25, -0.2) is 4.79 Å². The van der Waals surface area contributed by atoms with E-state index in [2.05, 4.69) is 10.6 Å². The van der Waals surface area contributed by atoms with Crippen molar-refractivity contribution in [3.05, 3.63) is 23.8 Å². The number of carbonyl (C=O) groups is 3. The zero-order valence-corrected chi connectivity index (χ0v) is 20.6. The zero-order valence-electron chi connectivity index (χ0n) is 20.6. The lowest BCUT2D eigenvalue weighted by atomic mass is 10.0.